The smallest absolute Gasteiger partial charge is 0.416 e. The minimum atomic E-state index is -4.39. The SMILES string of the molecule is NC(=NCC(O)COc1ccc(C(F)(F)F)cc1)NCCc1ccccn1. The van der Waals surface area contributed by atoms with Crippen LogP contribution in [-0.2, 0) is 12.6 Å². The summed E-state index contributed by atoms with van der Waals surface area (Å²) in [7, 11) is 0. The van der Waals surface area contributed by atoms with E-state index in [4.69, 9.17) is 10.5 Å². The first kappa shape index (κ1) is 20.5. The lowest BCUT2D eigenvalue weighted by Crippen LogP contribution is -2.34. The number of guanidine groups is 1. The first-order valence-electron chi connectivity index (χ1n) is 8.26. The first-order valence-corrected chi connectivity index (χ1v) is 8.26. The molecule has 1 aromatic carbocycles. The number of nitrogens with two attached hydrogens (primary N) is 1. The van der Waals surface area contributed by atoms with Gasteiger partial charge in [0, 0.05) is 24.9 Å². The number of ether oxygens (including phenoxy) is 1. The molecule has 0 aliphatic rings. The van der Waals surface area contributed by atoms with E-state index >= 15 is 0 Å². The molecule has 146 valence electrons. The average Bonchev–Trinajstić information content (AvgIpc) is 2.65. The van der Waals surface area contributed by atoms with Crippen molar-refractivity contribution >= 4 is 5.96 Å². The van der Waals surface area contributed by atoms with E-state index in [1.807, 2.05) is 18.2 Å². The number of halogens is 3. The van der Waals surface area contributed by atoms with E-state index in [0.717, 1.165) is 17.8 Å². The fraction of sp³-hybridized carbons (Fsp3) is 0.333. The van der Waals surface area contributed by atoms with Crippen molar-refractivity contribution in [3.05, 3.63) is 59.9 Å². The van der Waals surface area contributed by atoms with E-state index in [9.17, 15) is 18.3 Å². The van der Waals surface area contributed by atoms with Gasteiger partial charge in [-0.25, -0.2) is 0 Å². The Hall–Kier alpha value is -2.81. The second-order valence-corrected chi connectivity index (χ2v) is 5.71. The summed E-state index contributed by atoms with van der Waals surface area (Å²) in [5.41, 5.74) is 5.87. The van der Waals surface area contributed by atoms with Crippen molar-refractivity contribution in [1.82, 2.24) is 10.3 Å². The lowest BCUT2D eigenvalue weighted by molar-refractivity contribution is -0.137. The van der Waals surface area contributed by atoms with Gasteiger partial charge in [-0.3, -0.25) is 9.98 Å². The van der Waals surface area contributed by atoms with Crippen LogP contribution in [0, 0.1) is 0 Å². The largest absolute Gasteiger partial charge is 0.491 e. The molecule has 1 unspecified atom stereocenters. The molecule has 27 heavy (non-hydrogen) atoms. The van der Waals surface area contributed by atoms with Gasteiger partial charge in [0.2, 0.25) is 0 Å². The molecule has 0 aliphatic carbocycles. The summed E-state index contributed by atoms with van der Waals surface area (Å²) in [4.78, 5) is 8.18. The number of alkyl halides is 3. The number of hydrogen-bond acceptors (Lipinski definition) is 4. The topological polar surface area (TPSA) is 92.8 Å². The van der Waals surface area contributed by atoms with Crippen LogP contribution >= 0.6 is 0 Å². The number of aliphatic hydroxyl groups excluding tert-OH is 1. The Bertz CT molecular complexity index is 722. The highest BCUT2D eigenvalue weighted by Gasteiger charge is 2.30. The number of pyridine rings is 1. The molecule has 1 heterocycles. The van der Waals surface area contributed by atoms with Crippen molar-refractivity contribution < 1.29 is 23.0 Å². The molecule has 1 atom stereocenters. The molecule has 0 radical (unpaired) electrons. The summed E-state index contributed by atoms with van der Waals surface area (Å²) in [6.07, 6.45) is -2.95. The standard InChI is InChI=1S/C18H21F3N4O2/c19-18(20,21)13-4-6-16(7-5-13)27-12-15(26)11-25-17(22)24-10-8-14-3-1-2-9-23-14/h1-7,9,15,26H,8,10-12H2,(H3,22,24,25). The van der Waals surface area contributed by atoms with Gasteiger partial charge in [-0.1, -0.05) is 6.07 Å². The number of nitrogens with one attached hydrogen (secondary N) is 1. The lowest BCUT2D eigenvalue weighted by Gasteiger charge is -2.12. The number of aromatic nitrogens is 1. The summed E-state index contributed by atoms with van der Waals surface area (Å²) in [5.74, 6) is 0.409. The predicted octanol–water partition coefficient (Wildman–Crippen LogP) is 1.99. The number of aliphatic imine (C=N–C) groups is 1. The van der Waals surface area contributed by atoms with E-state index in [-0.39, 0.29) is 24.9 Å². The fourth-order valence-electron chi connectivity index (χ4n) is 2.11. The van der Waals surface area contributed by atoms with Crippen LogP contribution in [0.2, 0.25) is 0 Å². The van der Waals surface area contributed by atoms with Crippen molar-refractivity contribution in [3.63, 3.8) is 0 Å². The van der Waals surface area contributed by atoms with Crippen LogP contribution in [0.15, 0.2) is 53.7 Å². The number of aliphatic hydroxyl groups is 1. The van der Waals surface area contributed by atoms with Crippen molar-refractivity contribution in [1.29, 1.82) is 0 Å². The number of hydrogen-bond donors (Lipinski definition) is 3. The van der Waals surface area contributed by atoms with Crippen molar-refractivity contribution in [3.8, 4) is 5.75 Å². The maximum absolute atomic E-state index is 12.5. The van der Waals surface area contributed by atoms with Gasteiger partial charge in [-0.05, 0) is 36.4 Å². The maximum Gasteiger partial charge on any atom is 0.416 e. The second kappa shape index (κ2) is 9.77. The Kier molecular flexibility index (Phi) is 7.42. The van der Waals surface area contributed by atoms with E-state index in [2.05, 4.69) is 15.3 Å². The zero-order valence-corrected chi connectivity index (χ0v) is 14.5. The van der Waals surface area contributed by atoms with Crippen LogP contribution in [0.5, 0.6) is 5.75 Å². The molecule has 0 saturated carbocycles. The van der Waals surface area contributed by atoms with Gasteiger partial charge in [-0.2, -0.15) is 13.2 Å². The van der Waals surface area contributed by atoms with E-state index < -0.39 is 17.8 Å². The average molecular weight is 382 g/mol. The van der Waals surface area contributed by atoms with Gasteiger partial charge in [0.25, 0.3) is 0 Å². The van der Waals surface area contributed by atoms with Crippen LogP contribution in [0.4, 0.5) is 13.2 Å². The third kappa shape index (κ3) is 7.53. The molecule has 0 bridgehead atoms. The highest BCUT2D eigenvalue weighted by Crippen LogP contribution is 2.30. The number of rotatable bonds is 8. The summed E-state index contributed by atoms with van der Waals surface area (Å²) >= 11 is 0. The molecular weight excluding hydrogens is 361 g/mol. The second-order valence-electron chi connectivity index (χ2n) is 5.71. The van der Waals surface area contributed by atoms with Gasteiger partial charge in [0.05, 0.1) is 12.1 Å². The first-order chi connectivity index (χ1) is 12.8. The molecule has 0 aliphatic heterocycles. The fourth-order valence-corrected chi connectivity index (χ4v) is 2.11. The van der Waals surface area contributed by atoms with E-state index in [1.54, 1.807) is 6.20 Å². The molecule has 9 heteroatoms. The minimum Gasteiger partial charge on any atom is -0.491 e. The summed E-state index contributed by atoms with van der Waals surface area (Å²) in [6, 6.07) is 9.87. The molecule has 2 aromatic rings. The number of benzene rings is 1. The normalized spacial score (nSPS) is 13.3. The van der Waals surface area contributed by atoms with Crippen LogP contribution in [0.1, 0.15) is 11.3 Å². The summed E-state index contributed by atoms with van der Waals surface area (Å²) in [5, 5.41) is 12.8. The molecule has 6 nitrogen and oxygen atoms in total. The quantitative estimate of drug-likeness (QED) is 0.480. The summed E-state index contributed by atoms with van der Waals surface area (Å²) < 4.78 is 42.7. The van der Waals surface area contributed by atoms with Crippen LogP contribution < -0.4 is 15.8 Å². The predicted molar refractivity (Wildman–Crippen MR) is 95.4 cm³/mol. The van der Waals surface area contributed by atoms with Gasteiger partial charge in [0.15, 0.2) is 5.96 Å². The Balaban J connectivity index is 1.68. The van der Waals surface area contributed by atoms with Gasteiger partial charge in [-0.15, -0.1) is 0 Å². The van der Waals surface area contributed by atoms with Gasteiger partial charge in [0.1, 0.15) is 18.5 Å². The molecule has 1 aromatic heterocycles. The molecule has 0 amide bonds. The third-order valence-corrected chi connectivity index (χ3v) is 3.51. The third-order valence-electron chi connectivity index (χ3n) is 3.51. The monoisotopic (exact) mass is 382 g/mol. The Labute approximate surface area is 154 Å². The van der Waals surface area contributed by atoms with E-state index in [1.165, 1.54) is 12.1 Å². The highest BCUT2D eigenvalue weighted by molar-refractivity contribution is 5.77. The molecule has 2 rings (SSSR count). The van der Waals surface area contributed by atoms with Crippen molar-refractivity contribution in [2.24, 2.45) is 10.7 Å². The van der Waals surface area contributed by atoms with Gasteiger partial charge < -0.3 is 20.9 Å². The van der Waals surface area contributed by atoms with Crippen LogP contribution in [0.25, 0.3) is 0 Å². The Morgan fingerprint density at radius 3 is 2.59 bits per heavy atom. The van der Waals surface area contributed by atoms with Gasteiger partial charge >= 0.3 is 6.18 Å². The molecule has 0 saturated heterocycles. The van der Waals surface area contributed by atoms with E-state index in [0.29, 0.717) is 13.0 Å². The Morgan fingerprint density at radius 2 is 1.96 bits per heavy atom. The lowest BCUT2D eigenvalue weighted by atomic mass is 10.2. The highest BCUT2D eigenvalue weighted by atomic mass is 19.4. The van der Waals surface area contributed by atoms with Crippen molar-refractivity contribution in [2.75, 3.05) is 19.7 Å². The molecule has 0 spiro atoms. The van der Waals surface area contributed by atoms with Crippen LogP contribution in [0.3, 0.4) is 0 Å². The molecule has 4 N–H and O–H groups in total. The molecular formula is C18H21F3N4O2. The molecule has 0 fully saturated rings. The van der Waals surface area contributed by atoms with Crippen molar-refractivity contribution in [2.45, 2.75) is 18.7 Å². The zero-order chi connectivity index (χ0) is 19.7. The summed E-state index contributed by atoms with van der Waals surface area (Å²) in [6.45, 7) is 0.434. The maximum atomic E-state index is 12.5. The Morgan fingerprint density at radius 1 is 1.22 bits per heavy atom. The van der Waals surface area contributed by atoms with Crippen LogP contribution in [-0.4, -0.2) is 41.9 Å². The minimum absolute atomic E-state index is 0.00303. The zero-order valence-electron chi connectivity index (χ0n) is 14.5. The number of nitrogens with zero attached hydrogens (tertiary/aromatic N) is 2.